The van der Waals surface area contributed by atoms with E-state index >= 15 is 0 Å². The summed E-state index contributed by atoms with van der Waals surface area (Å²) in [7, 11) is 0. The molecule has 2 saturated heterocycles. The lowest BCUT2D eigenvalue weighted by atomic mass is 9.90. The summed E-state index contributed by atoms with van der Waals surface area (Å²) in [5.74, 6) is 0.853. The van der Waals surface area contributed by atoms with Crippen molar-refractivity contribution < 1.29 is 5.11 Å². The predicted octanol–water partition coefficient (Wildman–Crippen LogP) is 0.584. The lowest BCUT2D eigenvalue weighted by molar-refractivity contribution is 0.0164. The van der Waals surface area contributed by atoms with Gasteiger partial charge < -0.3 is 10.4 Å². The molecule has 0 bridgehead atoms. The summed E-state index contributed by atoms with van der Waals surface area (Å²) in [4.78, 5) is 2.62. The number of nitrogens with zero attached hydrogens (tertiary/aromatic N) is 1. The fourth-order valence-corrected chi connectivity index (χ4v) is 3.82. The molecular formula is C12H22N2O. The molecule has 0 aromatic rings. The van der Waals surface area contributed by atoms with E-state index in [4.69, 9.17) is 0 Å². The molecule has 3 rings (SSSR count). The number of aliphatic hydroxyl groups excluding tert-OH is 1. The van der Waals surface area contributed by atoms with Crippen LogP contribution in [0, 0.1) is 5.92 Å². The molecule has 0 spiro atoms. The Balaban J connectivity index is 1.73. The molecule has 2 aliphatic heterocycles. The molecule has 86 valence electrons. The number of rotatable bonds is 1. The van der Waals surface area contributed by atoms with Gasteiger partial charge in [-0.1, -0.05) is 0 Å². The van der Waals surface area contributed by atoms with Crippen LogP contribution < -0.4 is 5.32 Å². The van der Waals surface area contributed by atoms with Crippen molar-refractivity contribution in [3.8, 4) is 0 Å². The minimum absolute atomic E-state index is 0.0515. The summed E-state index contributed by atoms with van der Waals surface area (Å²) in [6, 6.07) is 1.19. The number of fused-ring (bicyclic) bond motifs is 1. The zero-order valence-electron chi connectivity index (χ0n) is 9.36. The first-order valence-electron chi connectivity index (χ1n) is 6.51. The third-order valence-corrected chi connectivity index (χ3v) is 4.59. The van der Waals surface area contributed by atoms with Crippen molar-refractivity contribution in [2.24, 2.45) is 5.92 Å². The second kappa shape index (κ2) is 4.04. The molecule has 3 heteroatoms. The van der Waals surface area contributed by atoms with Gasteiger partial charge in [-0.3, -0.25) is 4.90 Å². The first-order chi connectivity index (χ1) is 7.36. The van der Waals surface area contributed by atoms with Crippen LogP contribution in [0.3, 0.4) is 0 Å². The van der Waals surface area contributed by atoms with E-state index in [0.717, 1.165) is 24.9 Å². The number of nitrogens with one attached hydrogen (secondary N) is 1. The van der Waals surface area contributed by atoms with Crippen LogP contribution in [0.2, 0.25) is 0 Å². The quantitative estimate of drug-likeness (QED) is 0.665. The molecule has 0 amide bonds. The number of likely N-dealkylation sites (tertiary alicyclic amines) is 1. The summed E-state index contributed by atoms with van der Waals surface area (Å²) >= 11 is 0. The summed E-state index contributed by atoms with van der Waals surface area (Å²) < 4.78 is 0. The van der Waals surface area contributed by atoms with Crippen molar-refractivity contribution in [1.29, 1.82) is 0 Å². The van der Waals surface area contributed by atoms with Crippen LogP contribution in [-0.2, 0) is 0 Å². The Hall–Kier alpha value is -0.120. The molecule has 3 nitrogen and oxygen atoms in total. The Morgan fingerprint density at radius 2 is 1.93 bits per heavy atom. The fraction of sp³-hybridized carbons (Fsp3) is 1.00. The van der Waals surface area contributed by atoms with Crippen LogP contribution >= 0.6 is 0 Å². The van der Waals surface area contributed by atoms with Gasteiger partial charge in [0.05, 0.1) is 6.10 Å². The largest absolute Gasteiger partial charge is 0.391 e. The maximum atomic E-state index is 10.00. The van der Waals surface area contributed by atoms with E-state index in [-0.39, 0.29) is 6.10 Å². The van der Waals surface area contributed by atoms with Gasteiger partial charge in [0.2, 0.25) is 0 Å². The highest BCUT2D eigenvalue weighted by molar-refractivity contribution is 4.97. The zero-order valence-corrected chi connectivity index (χ0v) is 9.36. The number of piperidine rings is 1. The fourth-order valence-electron chi connectivity index (χ4n) is 3.82. The van der Waals surface area contributed by atoms with E-state index < -0.39 is 0 Å². The average molecular weight is 210 g/mol. The van der Waals surface area contributed by atoms with E-state index in [9.17, 15) is 5.11 Å². The predicted molar refractivity (Wildman–Crippen MR) is 59.7 cm³/mol. The van der Waals surface area contributed by atoms with E-state index in [1.807, 2.05) is 0 Å². The van der Waals surface area contributed by atoms with Gasteiger partial charge in [0.1, 0.15) is 0 Å². The molecular weight excluding hydrogens is 188 g/mol. The van der Waals surface area contributed by atoms with Crippen molar-refractivity contribution in [3.63, 3.8) is 0 Å². The SMILES string of the molecule is OC1CCCC1N1CCCC2CNCC21. The molecule has 15 heavy (non-hydrogen) atoms. The molecule has 2 N–H and O–H groups in total. The Morgan fingerprint density at radius 3 is 2.73 bits per heavy atom. The lowest BCUT2D eigenvalue weighted by Crippen LogP contribution is -2.52. The average Bonchev–Trinajstić information content (AvgIpc) is 2.85. The van der Waals surface area contributed by atoms with Crippen molar-refractivity contribution in [1.82, 2.24) is 10.2 Å². The van der Waals surface area contributed by atoms with Crippen molar-refractivity contribution in [2.75, 3.05) is 19.6 Å². The topological polar surface area (TPSA) is 35.5 Å². The van der Waals surface area contributed by atoms with E-state index in [2.05, 4.69) is 10.2 Å². The summed E-state index contributed by atoms with van der Waals surface area (Å²) in [6.07, 6.45) is 6.11. The van der Waals surface area contributed by atoms with Gasteiger partial charge in [-0.05, 0) is 51.1 Å². The number of hydrogen-bond donors (Lipinski definition) is 2. The summed E-state index contributed by atoms with van der Waals surface area (Å²) in [5.41, 5.74) is 0. The maximum Gasteiger partial charge on any atom is 0.0695 e. The van der Waals surface area contributed by atoms with Gasteiger partial charge in [-0.2, -0.15) is 0 Å². The molecule has 4 atom stereocenters. The third-order valence-electron chi connectivity index (χ3n) is 4.59. The minimum atomic E-state index is -0.0515. The monoisotopic (exact) mass is 210 g/mol. The molecule has 1 aliphatic carbocycles. The third kappa shape index (κ3) is 1.71. The minimum Gasteiger partial charge on any atom is -0.391 e. The van der Waals surface area contributed by atoms with Crippen LogP contribution in [0.4, 0.5) is 0 Å². The number of aliphatic hydroxyl groups is 1. The first kappa shape index (κ1) is 10.1. The van der Waals surface area contributed by atoms with Crippen LogP contribution in [-0.4, -0.2) is 47.8 Å². The first-order valence-corrected chi connectivity index (χ1v) is 6.51. The molecule has 3 aliphatic rings. The van der Waals surface area contributed by atoms with Gasteiger partial charge in [-0.15, -0.1) is 0 Å². The van der Waals surface area contributed by atoms with Gasteiger partial charge in [0, 0.05) is 18.6 Å². The van der Waals surface area contributed by atoms with Crippen molar-refractivity contribution in [3.05, 3.63) is 0 Å². The second-order valence-corrected chi connectivity index (χ2v) is 5.43. The zero-order chi connectivity index (χ0) is 10.3. The summed E-state index contributed by atoms with van der Waals surface area (Å²) in [5, 5.41) is 13.5. The highest BCUT2D eigenvalue weighted by Gasteiger charge is 2.41. The van der Waals surface area contributed by atoms with Gasteiger partial charge >= 0.3 is 0 Å². The van der Waals surface area contributed by atoms with Crippen molar-refractivity contribution in [2.45, 2.75) is 50.3 Å². The van der Waals surface area contributed by atoms with Crippen LogP contribution in [0.25, 0.3) is 0 Å². The van der Waals surface area contributed by atoms with Crippen LogP contribution in [0.1, 0.15) is 32.1 Å². The van der Waals surface area contributed by atoms with Gasteiger partial charge in [0.25, 0.3) is 0 Å². The Kier molecular flexibility index (Phi) is 2.71. The van der Waals surface area contributed by atoms with E-state index in [1.165, 1.54) is 38.8 Å². The van der Waals surface area contributed by atoms with Gasteiger partial charge in [0.15, 0.2) is 0 Å². The lowest BCUT2D eigenvalue weighted by Gasteiger charge is -2.42. The number of hydrogen-bond acceptors (Lipinski definition) is 3. The van der Waals surface area contributed by atoms with Crippen LogP contribution in [0.15, 0.2) is 0 Å². The Labute approximate surface area is 91.8 Å². The van der Waals surface area contributed by atoms with Crippen molar-refractivity contribution >= 4 is 0 Å². The normalized spacial score (nSPS) is 47.0. The molecule has 4 unspecified atom stereocenters. The molecule has 0 aromatic heterocycles. The molecule has 3 fully saturated rings. The maximum absolute atomic E-state index is 10.00. The van der Waals surface area contributed by atoms with Crippen LogP contribution in [0.5, 0.6) is 0 Å². The second-order valence-electron chi connectivity index (χ2n) is 5.43. The smallest absolute Gasteiger partial charge is 0.0695 e. The highest BCUT2D eigenvalue weighted by Crippen LogP contribution is 2.33. The molecule has 0 radical (unpaired) electrons. The Bertz CT molecular complexity index is 230. The Morgan fingerprint density at radius 1 is 1.00 bits per heavy atom. The highest BCUT2D eigenvalue weighted by atomic mass is 16.3. The summed E-state index contributed by atoms with van der Waals surface area (Å²) in [6.45, 7) is 3.56. The standard InChI is InChI=1S/C12H22N2O/c15-12-5-1-4-10(12)14-6-2-3-9-7-13-8-11(9)14/h9-13,15H,1-8H2. The van der Waals surface area contributed by atoms with E-state index in [0.29, 0.717) is 6.04 Å². The molecule has 1 saturated carbocycles. The van der Waals surface area contributed by atoms with Gasteiger partial charge in [-0.25, -0.2) is 0 Å². The molecule has 0 aromatic carbocycles. The molecule has 2 heterocycles. The van der Waals surface area contributed by atoms with E-state index in [1.54, 1.807) is 0 Å².